The van der Waals surface area contributed by atoms with Gasteiger partial charge in [-0.2, -0.15) is 5.10 Å². The highest BCUT2D eigenvalue weighted by Crippen LogP contribution is 2.28. The van der Waals surface area contributed by atoms with Crippen LogP contribution in [0.15, 0.2) is 6.20 Å². The third kappa shape index (κ3) is 4.13. The molecule has 0 radical (unpaired) electrons. The number of hydrogen-bond acceptors (Lipinski definition) is 3. The molecule has 4 nitrogen and oxygen atoms in total. The quantitative estimate of drug-likeness (QED) is 0.699. The first-order valence-corrected chi connectivity index (χ1v) is 6.53. The lowest BCUT2D eigenvalue weighted by Gasteiger charge is -2.05. The minimum Gasteiger partial charge on any atom is -0.381 e. The molecule has 1 heterocycles. The summed E-state index contributed by atoms with van der Waals surface area (Å²) in [6, 6.07) is 0. The van der Waals surface area contributed by atoms with E-state index in [0.29, 0.717) is 0 Å². The summed E-state index contributed by atoms with van der Waals surface area (Å²) in [4.78, 5) is 0. The number of ether oxygens (including phenoxy) is 1. The average molecular weight is 237 g/mol. The molecule has 96 valence electrons. The summed E-state index contributed by atoms with van der Waals surface area (Å²) < 4.78 is 7.49. The minimum atomic E-state index is 0.876. The van der Waals surface area contributed by atoms with E-state index in [1.807, 2.05) is 17.9 Å². The molecule has 1 aromatic heterocycles. The molecule has 1 aliphatic carbocycles. The summed E-state index contributed by atoms with van der Waals surface area (Å²) in [5, 5.41) is 7.65. The molecule has 0 aromatic carbocycles. The molecule has 0 amide bonds. The Morgan fingerprint density at radius 2 is 2.35 bits per heavy atom. The normalized spacial score (nSPS) is 15.4. The van der Waals surface area contributed by atoms with Crippen molar-refractivity contribution < 1.29 is 4.74 Å². The Balaban J connectivity index is 1.49. The first kappa shape index (κ1) is 12.6. The Kier molecular flexibility index (Phi) is 4.57. The predicted molar refractivity (Wildman–Crippen MR) is 67.8 cm³/mol. The van der Waals surface area contributed by atoms with Crippen molar-refractivity contribution >= 4 is 0 Å². The van der Waals surface area contributed by atoms with Crippen molar-refractivity contribution in [3.05, 3.63) is 17.5 Å². The van der Waals surface area contributed by atoms with Gasteiger partial charge in [-0.3, -0.25) is 4.68 Å². The molecule has 1 fully saturated rings. The minimum absolute atomic E-state index is 0.876. The van der Waals surface area contributed by atoms with Gasteiger partial charge in [0.15, 0.2) is 0 Å². The SMILES string of the molecule is Cc1c(CNCCCOCC2CC2)cnn1C. The van der Waals surface area contributed by atoms with Gasteiger partial charge < -0.3 is 10.1 Å². The molecule has 1 saturated carbocycles. The van der Waals surface area contributed by atoms with E-state index in [1.165, 1.54) is 24.1 Å². The van der Waals surface area contributed by atoms with Crippen LogP contribution in [-0.4, -0.2) is 29.5 Å². The third-order valence-electron chi connectivity index (χ3n) is 3.35. The molecular weight excluding hydrogens is 214 g/mol. The van der Waals surface area contributed by atoms with E-state index in [-0.39, 0.29) is 0 Å². The van der Waals surface area contributed by atoms with Gasteiger partial charge in [-0.25, -0.2) is 0 Å². The lowest BCUT2D eigenvalue weighted by Crippen LogP contribution is -2.17. The van der Waals surface area contributed by atoms with Crippen LogP contribution in [-0.2, 0) is 18.3 Å². The lowest BCUT2D eigenvalue weighted by molar-refractivity contribution is 0.122. The van der Waals surface area contributed by atoms with Gasteiger partial charge in [0.25, 0.3) is 0 Å². The number of rotatable bonds is 8. The van der Waals surface area contributed by atoms with Crippen LogP contribution < -0.4 is 5.32 Å². The van der Waals surface area contributed by atoms with E-state index in [0.717, 1.165) is 38.6 Å². The maximum absolute atomic E-state index is 5.58. The number of nitrogens with one attached hydrogen (secondary N) is 1. The molecular formula is C13H23N3O. The van der Waals surface area contributed by atoms with Crippen molar-refractivity contribution in [2.45, 2.75) is 32.7 Å². The van der Waals surface area contributed by atoms with Gasteiger partial charge in [-0.15, -0.1) is 0 Å². The Bertz CT molecular complexity index is 344. The van der Waals surface area contributed by atoms with Gasteiger partial charge in [0, 0.05) is 38.1 Å². The van der Waals surface area contributed by atoms with Gasteiger partial charge in [-0.05, 0) is 38.6 Å². The van der Waals surface area contributed by atoms with Gasteiger partial charge >= 0.3 is 0 Å². The van der Waals surface area contributed by atoms with Crippen LogP contribution in [0, 0.1) is 12.8 Å². The van der Waals surface area contributed by atoms with E-state index < -0.39 is 0 Å². The molecule has 1 aromatic rings. The van der Waals surface area contributed by atoms with Crippen molar-refractivity contribution in [3.8, 4) is 0 Å². The number of nitrogens with zero attached hydrogens (tertiary/aromatic N) is 2. The summed E-state index contributed by atoms with van der Waals surface area (Å²) in [6.45, 7) is 5.88. The van der Waals surface area contributed by atoms with E-state index in [2.05, 4.69) is 17.3 Å². The van der Waals surface area contributed by atoms with E-state index >= 15 is 0 Å². The summed E-state index contributed by atoms with van der Waals surface area (Å²) in [6.07, 6.45) is 5.77. The van der Waals surface area contributed by atoms with Gasteiger partial charge in [0.1, 0.15) is 0 Å². The highest BCUT2D eigenvalue weighted by molar-refractivity contribution is 5.15. The highest BCUT2D eigenvalue weighted by Gasteiger charge is 2.20. The molecule has 1 N–H and O–H groups in total. The molecule has 4 heteroatoms. The molecule has 0 atom stereocenters. The molecule has 17 heavy (non-hydrogen) atoms. The molecule has 1 aliphatic rings. The summed E-state index contributed by atoms with van der Waals surface area (Å²) in [5.74, 6) is 0.876. The smallest absolute Gasteiger partial charge is 0.0537 e. The van der Waals surface area contributed by atoms with Crippen LogP contribution in [0.25, 0.3) is 0 Å². The van der Waals surface area contributed by atoms with Crippen LogP contribution >= 0.6 is 0 Å². The fourth-order valence-electron chi connectivity index (χ4n) is 1.77. The highest BCUT2D eigenvalue weighted by atomic mass is 16.5. The fraction of sp³-hybridized carbons (Fsp3) is 0.769. The Labute approximate surface area is 103 Å². The summed E-state index contributed by atoms with van der Waals surface area (Å²) >= 11 is 0. The number of aromatic nitrogens is 2. The monoisotopic (exact) mass is 237 g/mol. The lowest BCUT2D eigenvalue weighted by atomic mass is 10.2. The first-order chi connectivity index (χ1) is 8.27. The van der Waals surface area contributed by atoms with Crippen molar-refractivity contribution in [1.29, 1.82) is 0 Å². The molecule has 0 bridgehead atoms. The van der Waals surface area contributed by atoms with E-state index in [1.54, 1.807) is 0 Å². The largest absolute Gasteiger partial charge is 0.381 e. The summed E-state index contributed by atoms with van der Waals surface area (Å²) in [7, 11) is 1.98. The molecule has 0 aliphatic heterocycles. The zero-order valence-electron chi connectivity index (χ0n) is 10.9. The second-order valence-electron chi connectivity index (χ2n) is 4.93. The second-order valence-corrected chi connectivity index (χ2v) is 4.93. The predicted octanol–water partition coefficient (Wildman–Crippen LogP) is 1.63. The van der Waals surface area contributed by atoms with Crippen molar-refractivity contribution in [2.75, 3.05) is 19.8 Å². The maximum Gasteiger partial charge on any atom is 0.0537 e. The van der Waals surface area contributed by atoms with Crippen molar-refractivity contribution in [3.63, 3.8) is 0 Å². The second kappa shape index (κ2) is 6.17. The third-order valence-corrected chi connectivity index (χ3v) is 3.35. The fourth-order valence-corrected chi connectivity index (χ4v) is 1.77. The molecule has 0 unspecified atom stereocenters. The van der Waals surface area contributed by atoms with Gasteiger partial charge in [0.2, 0.25) is 0 Å². The molecule has 2 rings (SSSR count). The standard InChI is InChI=1S/C13H23N3O/c1-11-13(9-15-16(11)2)8-14-6-3-7-17-10-12-4-5-12/h9,12,14H,3-8,10H2,1-2H3. The van der Waals surface area contributed by atoms with Crippen LogP contribution in [0.2, 0.25) is 0 Å². The number of aryl methyl sites for hydroxylation is 1. The summed E-state index contributed by atoms with van der Waals surface area (Å²) in [5.41, 5.74) is 2.52. The van der Waals surface area contributed by atoms with E-state index in [9.17, 15) is 0 Å². The van der Waals surface area contributed by atoms with Gasteiger partial charge in [-0.1, -0.05) is 0 Å². The van der Waals surface area contributed by atoms with Crippen molar-refractivity contribution in [1.82, 2.24) is 15.1 Å². The molecule has 0 saturated heterocycles. The van der Waals surface area contributed by atoms with Crippen LogP contribution in [0.4, 0.5) is 0 Å². The van der Waals surface area contributed by atoms with Gasteiger partial charge in [0.05, 0.1) is 6.20 Å². The number of hydrogen-bond donors (Lipinski definition) is 1. The Hall–Kier alpha value is -0.870. The van der Waals surface area contributed by atoms with Crippen LogP contribution in [0.1, 0.15) is 30.5 Å². The zero-order chi connectivity index (χ0) is 12.1. The van der Waals surface area contributed by atoms with Crippen LogP contribution in [0.3, 0.4) is 0 Å². The topological polar surface area (TPSA) is 39.1 Å². The first-order valence-electron chi connectivity index (χ1n) is 6.53. The van der Waals surface area contributed by atoms with E-state index in [4.69, 9.17) is 4.74 Å². The van der Waals surface area contributed by atoms with Crippen LogP contribution in [0.5, 0.6) is 0 Å². The Morgan fingerprint density at radius 1 is 1.53 bits per heavy atom. The maximum atomic E-state index is 5.58. The molecule has 0 spiro atoms. The Morgan fingerprint density at radius 3 is 3.00 bits per heavy atom. The zero-order valence-corrected chi connectivity index (χ0v) is 10.9. The average Bonchev–Trinajstić information content (AvgIpc) is 3.09. The van der Waals surface area contributed by atoms with Crippen molar-refractivity contribution in [2.24, 2.45) is 13.0 Å².